The maximum absolute atomic E-state index is 14.1. The Morgan fingerprint density at radius 1 is 1.18 bits per heavy atom. The number of benzene rings is 2. The van der Waals surface area contributed by atoms with Crippen LogP contribution in [0, 0.1) is 11.7 Å². The fourth-order valence-electron chi connectivity index (χ4n) is 4.68. The van der Waals surface area contributed by atoms with Gasteiger partial charge in [0, 0.05) is 18.2 Å². The Labute approximate surface area is 227 Å². The van der Waals surface area contributed by atoms with E-state index in [0.29, 0.717) is 30.0 Å². The van der Waals surface area contributed by atoms with Gasteiger partial charge in [-0.2, -0.15) is 0 Å². The van der Waals surface area contributed by atoms with Crippen molar-refractivity contribution in [1.29, 1.82) is 0 Å². The van der Waals surface area contributed by atoms with Gasteiger partial charge in [0.15, 0.2) is 0 Å². The van der Waals surface area contributed by atoms with Crippen LogP contribution in [0.25, 0.3) is 22.4 Å². The van der Waals surface area contributed by atoms with E-state index >= 15 is 0 Å². The Morgan fingerprint density at radius 3 is 2.48 bits per heavy atom. The number of likely N-dealkylation sites (tertiary alicyclic amines) is 1. The fourth-order valence-corrected chi connectivity index (χ4v) is 4.68. The number of hydrogen-bond acceptors (Lipinski definition) is 6. The predicted octanol–water partition coefficient (Wildman–Crippen LogP) is 5.41. The molecule has 0 bridgehead atoms. The number of hydrogen-bond donors (Lipinski definition) is 3. The van der Waals surface area contributed by atoms with E-state index in [9.17, 15) is 27.2 Å². The number of nitrogen functional groups attached to an aromatic ring is 1. The van der Waals surface area contributed by atoms with E-state index in [1.54, 1.807) is 23.2 Å². The summed E-state index contributed by atoms with van der Waals surface area (Å²) in [6.45, 7) is 4.16. The van der Waals surface area contributed by atoms with Crippen molar-refractivity contribution in [1.82, 2.24) is 20.2 Å². The number of alkyl halides is 3. The SMILES string of the molecule is COC(=O)NC(C(=O)N1CCCC1c1ncc(-c2ccc(-c3cc(F)c(N)cc3OC(F)(F)F)cc2)[nH]1)C(C)C. The molecular formula is C27H29F4N5O4. The molecule has 1 aromatic heterocycles. The number of aromatic nitrogens is 2. The molecule has 2 aromatic carbocycles. The van der Waals surface area contributed by atoms with Crippen molar-refractivity contribution in [2.75, 3.05) is 19.4 Å². The lowest BCUT2D eigenvalue weighted by Gasteiger charge is -2.30. The van der Waals surface area contributed by atoms with E-state index in [-0.39, 0.29) is 29.0 Å². The van der Waals surface area contributed by atoms with Crippen LogP contribution in [0.15, 0.2) is 42.6 Å². The molecule has 1 fully saturated rings. The number of nitrogens with one attached hydrogen (secondary N) is 2. The first-order valence-corrected chi connectivity index (χ1v) is 12.5. The molecule has 40 heavy (non-hydrogen) atoms. The zero-order chi connectivity index (χ0) is 29.2. The Kier molecular flexibility index (Phi) is 8.21. The zero-order valence-corrected chi connectivity index (χ0v) is 22.0. The van der Waals surface area contributed by atoms with Crippen LogP contribution >= 0.6 is 0 Å². The molecule has 214 valence electrons. The van der Waals surface area contributed by atoms with Gasteiger partial charge in [-0.15, -0.1) is 13.2 Å². The number of rotatable bonds is 7. The minimum Gasteiger partial charge on any atom is -0.453 e. The molecule has 4 rings (SSSR count). The number of nitrogens with two attached hydrogens (primary N) is 1. The summed E-state index contributed by atoms with van der Waals surface area (Å²) in [6, 6.07) is 6.94. The van der Waals surface area contributed by atoms with Gasteiger partial charge in [0.25, 0.3) is 0 Å². The first kappa shape index (κ1) is 28.7. The Morgan fingerprint density at radius 2 is 1.85 bits per heavy atom. The molecule has 13 heteroatoms. The van der Waals surface area contributed by atoms with Crippen molar-refractivity contribution >= 4 is 17.7 Å². The standard InChI is InChI=1S/C27H29F4N5O4/c1-14(2)23(35-26(38)39-3)25(37)36-10-4-5-21(36)24-33-13-20(34-24)16-8-6-15(7-9-16)17-11-18(28)19(32)12-22(17)40-27(29,30)31/h6-9,11-14,21,23H,4-5,10,32H2,1-3H3,(H,33,34)(H,35,38). The summed E-state index contributed by atoms with van der Waals surface area (Å²) in [7, 11) is 1.23. The number of imidazole rings is 1. The summed E-state index contributed by atoms with van der Waals surface area (Å²) in [5.74, 6) is -1.33. The molecule has 2 amide bonds. The number of carbonyl (C=O) groups excluding carboxylic acids is 2. The number of anilines is 1. The third kappa shape index (κ3) is 6.29. The molecule has 2 atom stereocenters. The smallest absolute Gasteiger partial charge is 0.453 e. The van der Waals surface area contributed by atoms with Gasteiger partial charge in [0.2, 0.25) is 5.91 Å². The van der Waals surface area contributed by atoms with E-state index in [1.165, 1.54) is 19.2 Å². The molecule has 0 radical (unpaired) electrons. The summed E-state index contributed by atoms with van der Waals surface area (Å²) in [5, 5.41) is 2.60. The topological polar surface area (TPSA) is 123 Å². The third-order valence-electron chi connectivity index (χ3n) is 6.67. The molecule has 1 aliphatic rings. The molecule has 9 nitrogen and oxygen atoms in total. The van der Waals surface area contributed by atoms with Crippen LogP contribution in [0.4, 0.5) is 28.0 Å². The first-order valence-electron chi connectivity index (χ1n) is 12.5. The van der Waals surface area contributed by atoms with Crippen LogP contribution in [0.3, 0.4) is 0 Å². The van der Waals surface area contributed by atoms with Gasteiger partial charge in [-0.25, -0.2) is 14.2 Å². The van der Waals surface area contributed by atoms with Crippen LogP contribution in [-0.2, 0) is 9.53 Å². The number of H-pyrrole nitrogens is 1. The number of methoxy groups -OCH3 is 1. The summed E-state index contributed by atoms with van der Waals surface area (Å²) in [5.41, 5.74) is 6.43. The number of amides is 2. The monoisotopic (exact) mass is 563 g/mol. The second kappa shape index (κ2) is 11.4. The van der Waals surface area contributed by atoms with Crippen molar-refractivity contribution in [3.05, 3.63) is 54.2 Å². The van der Waals surface area contributed by atoms with Crippen molar-refractivity contribution in [2.45, 2.75) is 45.1 Å². The second-order valence-electron chi connectivity index (χ2n) is 9.72. The number of aromatic amines is 1. The van der Waals surface area contributed by atoms with Crippen LogP contribution in [0.1, 0.15) is 38.6 Å². The highest BCUT2D eigenvalue weighted by Gasteiger charge is 2.37. The van der Waals surface area contributed by atoms with Gasteiger partial charge >= 0.3 is 12.5 Å². The highest BCUT2D eigenvalue weighted by molar-refractivity contribution is 5.86. The molecule has 2 heterocycles. The van der Waals surface area contributed by atoms with E-state index in [4.69, 9.17) is 5.73 Å². The van der Waals surface area contributed by atoms with Crippen LogP contribution in [-0.4, -0.2) is 52.9 Å². The van der Waals surface area contributed by atoms with Crippen LogP contribution < -0.4 is 15.8 Å². The normalized spacial score (nSPS) is 16.2. The van der Waals surface area contributed by atoms with E-state index in [1.807, 2.05) is 13.8 Å². The van der Waals surface area contributed by atoms with Crippen molar-refractivity contribution < 1.29 is 36.6 Å². The van der Waals surface area contributed by atoms with E-state index in [2.05, 4.69) is 24.8 Å². The Bertz CT molecular complexity index is 1370. The molecule has 3 aromatic rings. The highest BCUT2D eigenvalue weighted by atomic mass is 19.4. The van der Waals surface area contributed by atoms with Crippen molar-refractivity contribution in [3.63, 3.8) is 0 Å². The van der Waals surface area contributed by atoms with Gasteiger partial charge in [0.1, 0.15) is 23.4 Å². The Balaban J connectivity index is 1.56. The summed E-state index contributed by atoms with van der Waals surface area (Å²) < 4.78 is 61.5. The largest absolute Gasteiger partial charge is 0.573 e. The van der Waals surface area contributed by atoms with Crippen LogP contribution in [0.2, 0.25) is 0 Å². The lowest BCUT2D eigenvalue weighted by atomic mass is 10.0. The molecular weight excluding hydrogens is 534 g/mol. The first-order chi connectivity index (χ1) is 18.9. The minimum absolute atomic E-state index is 0.110. The third-order valence-corrected chi connectivity index (χ3v) is 6.67. The molecule has 1 aliphatic heterocycles. The summed E-state index contributed by atoms with van der Waals surface area (Å²) in [6.07, 6.45) is -2.65. The zero-order valence-electron chi connectivity index (χ0n) is 22.0. The average Bonchev–Trinajstić information content (AvgIpc) is 3.58. The predicted molar refractivity (Wildman–Crippen MR) is 138 cm³/mol. The van der Waals surface area contributed by atoms with Gasteiger partial charge in [0.05, 0.1) is 30.7 Å². The minimum atomic E-state index is -4.98. The molecule has 4 N–H and O–H groups in total. The van der Waals surface area contributed by atoms with Crippen LogP contribution in [0.5, 0.6) is 5.75 Å². The van der Waals surface area contributed by atoms with Gasteiger partial charge < -0.3 is 30.4 Å². The number of alkyl carbamates (subject to hydrolysis) is 1. The van der Waals surface area contributed by atoms with E-state index < -0.39 is 35.8 Å². The Hall–Kier alpha value is -4.29. The van der Waals surface area contributed by atoms with Gasteiger partial charge in [-0.1, -0.05) is 38.1 Å². The molecule has 0 saturated carbocycles. The lowest BCUT2D eigenvalue weighted by Crippen LogP contribution is -2.51. The maximum Gasteiger partial charge on any atom is 0.573 e. The lowest BCUT2D eigenvalue weighted by molar-refractivity contribution is -0.274. The summed E-state index contributed by atoms with van der Waals surface area (Å²) in [4.78, 5) is 34.5. The molecule has 1 saturated heterocycles. The van der Waals surface area contributed by atoms with Crippen molar-refractivity contribution in [2.24, 2.45) is 5.92 Å². The van der Waals surface area contributed by atoms with Gasteiger partial charge in [-0.3, -0.25) is 4.79 Å². The quantitative estimate of drug-likeness (QED) is 0.261. The van der Waals surface area contributed by atoms with Crippen molar-refractivity contribution in [3.8, 4) is 28.1 Å². The highest BCUT2D eigenvalue weighted by Crippen LogP contribution is 2.38. The molecule has 0 aliphatic carbocycles. The molecule has 0 spiro atoms. The fraction of sp³-hybridized carbons (Fsp3) is 0.370. The average molecular weight is 564 g/mol. The van der Waals surface area contributed by atoms with E-state index in [0.717, 1.165) is 18.6 Å². The van der Waals surface area contributed by atoms with Gasteiger partial charge in [-0.05, 0) is 36.0 Å². The number of ether oxygens (including phenoxy) is 2. The second-order valence-corrected chi connectivity index (χ2v) is 9.72. The summed E-state index contributed by atoms with van der Waals surface area (Å²) >= 11 is 0. The number of carbonyl (C=O) groups is 2. The molecule has 2 unspecified atom stereocenters. The number of halogens is 4. The maximum atomic E-state index is 14.1. The number of nitrogens with zero attached hydrogens (tertiary/aromatic N) is 2.